The molecule has 0 atom stereocenters. The minimum atomic E-state index is -0.450. The predicted octanol–water partition coefficient (Wildman–Crippen LogP) is 0.904. The third-order valence-corrected chi connectivity index (χ3v) is 2.05. The molecule has 0 radical (unpaired) electrons. The summed E-state index contributed by atoms with van der Waals surface area (Å²) in [5.41, 5.74) is 5.86. The summed E-state index contributed by atoms with van der Waals surface area (Å²) in [7, 11) is 0. The van der Waals surface area contributed by atoms with Gasteiger partial charge in [-0.15, -0.1) is 0 Å². The van der Waals surface area contributed by atoms with Crippen LogP contribution in [0.5, 0.6) is 5.75 Å². The summed E-state index contributed by atoms with van der Waals surface area (Å²) in [6.45, 7) is 2.42. The SMILES string of the molecule is CCOc1cccc2[nH]c(=O)nc(N)c12. The zero-order chi connectivity index (χ0) is 10.8. The molecule has 3 N–H and O–H groups in total. The van der Waals surface area contributed by atoms with Crippen LogP contribution in [-0.4, -0.2) is 16.6 Å². The van der Waals surface area contributed by atoms with Crippen molar-refractivity contribution >= 4 is 16.7 Å². The Morgan fingerprint density at radius 3 is 3.07 bits per heavy atom. The first-order chi connectivity index (χ1) is 7.22. The molecule has 0 aliphatic rings. The molecule has 78 valence electrons. The monoisotopic (exact) mass is 205 g/mol. The van der Waals surface area contributed by atoms with E-state index >= 15 is 0 Å². The van der Waals surface area contributed by atoms with Gasteiger partial charge in [0, 0.05) is 0 Å². The van der Waals surface area contributed by atoms with Crippen LogP contribution in [-0.2, 0) is 0 Å². The van der Waals surface area contributed by atoms with Crippen molar-refractivity contribution in [3.63, 3.8) is 0 Å². The molecule has 0 fully saturated rings. The zero-order valence-electron chi connectivity index (χ0n) is 8.28. The van der Waals surface area contributed by atoms with Gasteiger partial charge in [0.15, 0.2) is 0 Å². The van der Waals surface area contributed by atoms with E-state index in [2.05, 4.69) is 9.97 Å². The Morgan fingerprint density at radius 2 is 2.33 bits per heavy atom. The Kier molecular flexibility index (Phi) is 2.29. The molecule has 1 aromatic carbocycles. The fraction of sp³-hybridized carbons (Fsp3) is 0.200. The lowest BCUT2D eigenvalue weighted by Crippen LogP contribution is -2.13. The van der Waals surface area contributed by atoms with E-state index in [9.17, 15) is 4.79 Å². The van der Waals surface area contributed by atoms with Crippen LogP contribution in [0, 0.1) is 0 Å². The van der Waals surface area contributed by atoms with Crippen LogP contribution >= 0.6 is 0 Å². The second kappa shape index (κ2) is 3.61. The fourth-order valence-electron chi connectivity index (χ4n) is 1.48. The molecule has 0 bridgehead atoms. The lowest BCUT2D eigenvalue weighted by molar-refractivity contribution is 0.344. The Labute approximate surface area is 85.9 Å². The highest BCUT2D eigenvalue weighted by molar-refractivity contribution is 5.93. The molecule has 15 heavy (non-hydrogen) atoms. The highest BCUT2D eigenvalue weighted by Crippen LogP contribution is 2.26. The predicted molar refractivity (Wildman–Crippen MR) is 57.9 cm³/mol. The topological polar surface area (TPSA) is 81.0 Å². The highest BCUT2D eigenvalue weighted by Gasteiger charge is 2.07. The van der Waals surface area contributed by atoms with Crippen molar-refractivity contribution in [1.82, 2.24) is 9.97 Å². The molecule has 1 heterocycles. The number of H-pyrrole nitrogens is 1. The van der Waals surface area contributed by atoms with Gasteiger partial charge in [0.05, 0.1) is 17.5 Å². The summed E-state index contributed by atoms with van der Waals surface area (Å²) < 4.78 is 5.40. The van der Waals surface area contributed by atoms with Crippen LogP contribution < -0.4 is 16.2 Å². The minimum absolute atomic E-state index is 0.192. The standard InChI is InChI=1S/C10H11N3O2/c1-2-15-7-5-3-4-6-8(7)9(11)13-10(14)12-6/h3-5H,2H2,1H3,(H3,11,12,13,14). The number of aromatic amines is 1. The largest absolute Gasteiger partial charge is 0.493 e. The number of aromatic nitrogens is 2. The van der Waals surface area contributed by atoms with Crippen LogP contribution in [0.3, 0.4) is 0 Å². The van der Waals surface area contributed by atoms with Crippen molar-refractivity contribution in [3.05, 3.63) is 28.7 Å². The number of anilines is 1. The smallest absolute Gasteiger partial charge is 0.347 e. The van der Waals surface area contributed by atoms with Gasteiger partial charge in [-0.2, -0.15) is 4.98 Å². The molecule has 0 unspecified atom stereocenters. The Hall–Kier alpha value is -2.04. The number of fused-ring (bicyclic) bond motifs is 1. The van der Waals surface area contributed by atoms with E-state index in [0.717, 1.165) is 0 Å². The maximum absolute atomic E-state index is 11.1. The molecule has 0 spiro atoms. The van der Waals surface area contributed by atoms with Gasteiger partial charge in [-0.3, -0.25) is 0 Å². The van der Waals surface area contributed by atoms with Crippen LogP contribution in [0.2, 0.25) is 0 Å². The van der Waals surface area contributed by atoms with Gasteiger partial charge in [0.1, 0.15) is 11.6 Å². The average Bonchev–Trinajstić information content (AvgIpc) is 2.17. The quantitative estimate of drug-likeness (QED) is 0.763. The minimum Gasteiger partial charge on any atom is -0.493 e. The molecule has 0 saturated carbocycles. The van der Waals surface area contributed by atoms with Gasteiger partial charge < -0.3 is 15.5 Å². The van der Waals surface area contributed by atoms with Crippen LogP contribution in [0.25, 0.3) is 10.9 Å². The summed E-state index contributed by atoms with van der Waals surface area (Å²) in [5, 5.41) is 0.652. The number of hydrogen-bond donors (Lipinski definition) is 2. The summed E-state index contributed by atoms with van der Waals surface area (Å²) in [4.78, 5) is 17.3. The number of rotatable bonds is 2. The number of hydrogen-bond acceptors (Lipinski definition) is 4. The van der Waals surface area contributed by atoms with Gasteiger partial charge in [0.25, 0.3) is 0 Å². The summed E-state index contributed by atoms with van der Waals surface area (Å²) >= 11 is 0. The molecule has 0 saturated heterocycles. The van der Waals surface area contributed by atoms with Crippen molar-refractivity contribution in [3.8, 4) is 5.75 Å². The van der Waals surface area contributed by atoms with Crippen LogP contribution in [0.4, 0.5) is 5.82 Å². The second-order valence-corrected chi connectivity index (χ2v) is 3.04. The maximum Gasteiger partial charge on any atom is 0.347 e. The number of ether oxygens (including phenoxy) is 1. The summed E-state index contributed by atoms with van der Waals surface area (Å²) in [6.07, 6.45) is 0. The van der Waals surface area contributed by atoms with Gasteiger partial charge in [-0.25, -0.2) is 4.79 Å². The number of nitrogens with one attached hydrogen (secondary N) is 1. The molecular weight excluding hydrogens is 194 g/mol. The molecule has 0 aliphatic heterocycles. The zero-order valence-corrected chi connectivity index (χ0v) is 8.28. The normalized spacial score (nSPS) is 10.5. The van der Waals surface area contributed by atoms with Crippen molar-refractivity contribution in [2.45, 2.75) is 6.92 Å². The number of nitrogens with zero attached hydrogens (tertiary/aromatic N) is 1. The molecule has 5 heteroatoms. The van der Waals surface area contributed by atoms with E-state index in [-0.39, 0.29) is 5.82 Å². The fourth-order valence-corrected chi connectivity index (χ4v) is 1.48. The molecule has 2 aromatic rings. The summed E-state index contributed by atoms with van der Waals surface area (Å²) in [5.74, 6) is 0.828. The van der Waals surface area contributed by atoms with Crippen molar-refractivity contribution in [2.75, 3.05) is 12.3 Å². The van der Waals surface area contributed by atoms with E-state index in [1.165, 1.54) is 0 Å². The van der Waals surface area contributed by atoms with E-state index in [4.69, 9.17) is 10.5 Å². The maximum atomic E-state index is 11.1. The number of nitrogens with two attached hydrogens (primary N) is 1. The molecule has 1 aromatic heterocycles. The molecular formula is C10H11N3O2. The van der Waals surface area contributed by atoms with E-state index in [1.54, 1.807) is 18.2 Å². The molecule has 5 nitrogen and oxygen atoms in total. The number of nitrogen functional groups attached to an aromatic ring is 1. The third-order valence-electron chi connectivity index (χ3n) is 2.05. The van der Waals surface area contributed by atoms with Crippen molar-refractivity contribution in [2.24, 2.45) is 0 Å². The van der Waals surface area contributed by atoms with E-state index < -0.39 is 5.69 Å². The Balaban J connectivity index is 2.79. The van der Waals surface area contributed by atoms with Crippen LogP contribution in [0.15, 0.2) is 23.0 Å². The number of benzene rings is 1. The van der Waals surface area contributed by atoms with E-state index in [1.807, 2.05) is 6.92 Å². The lowest BCUT2D eigenvalue weighted by Gasteiger charge is -2.07. The van der Waals surface area contributed by atoms with Crippen molar-refractivity contribution in [1.29, 1.82) is 0 Å². The first-order valence-corrected chi connectivity index (χ1v) is 4.63. The first-order valence-electron chi connectivity index (χ1n) is 4.63. The van der Waals surface area contributed by atoms with Crippen LogP contribution in [0.1, 0.15) is 6.92 Å². The first kappa shape index (κ1) is 9.51. The Bertz CT molecular complexity index is 548. The van der Waals surface area contributed by atoms with Gasteiger partial charge in [-0.05, 0) is 19.1 Å². The van der Waals surface area contributed by atoms with Gasteiger partial charge in [-0.1, -0.05) is 6.07 Å². The molecule has 2 rings (SSSR count). The highest BCUT2D eigenvalue weighted by atomic mass is 16.5. The average molecular weight is 205 g/mol. The van der Waals surface area contributed by atoms with Gasteiger partial charge >= 0.3 is 5.69 Å². The third kappa shape index (κ3) is 1.63. The van der Waals surface area contributed by atoms with E-state index in [0.29, 0.717) is 23.3 Å². The second-order valence-electron chi connectivity index (χ2n) is 3.04. The molecule has 0 amide bonds. The van der Waals surface area contributed by atoms with Gasteiger partial charge in [0.2, 0.25) is 0 Å². The summed E-state index contributed by atoms with van der Waals surface area (Å²) in [6, 6.07) is 5.35. The molecule has 0 aliphatic carbocycles. The lowest BCUT2D eigenvalue weighted by atomic mass is 10.2. The van der Waals surface area contributed by atoms with Crippen molar-refractivity contribution < 1.29 is 4.74 Å². The Morgan fingerprint density at radius 1 is 1.53 bits per heavy atom.